The fourth-order valence-electron chi connectivity index (χ4n) is 2.65. The summed E-state index contributed by atoms with van der Waals surface area (Å²) in [6.07, 6.45) is 6.82. The molecule has 1 aromatic carbocycles. The molecule has 1 fully saturated rings. The van der Waals surface area contributed by atoms with Crippen LogP contribution in [0.1, 0.15) is 44.6 Å². The number of thiocarbonyl (C=S) groups is 1. The largest absolute Gasteiger partial charge is 0.389 e. The lowest BCUT2D eigenvalue weighted by molar-refractivity contribution is 0.233. The summed E-state index contributed by atoms with van der Waals surface area (Å²) in [5.74, 6) is 0. The summed E-state index contributed by atoms with van der Waals surface area (Å²) in [5, 5.41) is 3.54. The average Bonchev–Trinajstić information content (AvgIpc) is 2.38. The Labute approximate surface area is 115 Å². The zero-order valence-electron chi connectivity index (χ0n) is 11.0. The molecule has 1 aliphatic carbocycles. The van der Waals surface area contributed by atoms with Gasteiger partial charge in [-0.05, 0) is 42.5 Å². The Morgan fingerprint density at radius 3 is 2.39 bits per heavy atom. The van der Waals surface area contributed by atoms with Crippen LogP contribution >= 0.6 is 12.2 Å². The highest BCUT2D eigenvalue weighted by Crippen LogP contribution is 2.35. The normalized spacial score (nSPS) is 18.3. The maximum Gasteiger partial charge on any atom is 0.103 e. The summed E-state index contributed by atoms with van der Waals surface area (Å²) in [6, 6.07) is 8.07. The van der Waals surface area contributed by atoms with Crippen LogP contribution in [0.2, 0.25) is 0 Å². The van der Waals surface area contributed by atoms with E-state index < -0.39 is 0 Å². The maximum absolute atomic E-state index is 5.59. The molecule has 0 saturated heterocycles. The van der Waals surface area contributed by atoms with Crippen LogP contribution in [0.25, 0.3) is 0 Å². The van der Waals surface area contributed by atoms with Gasteiger partial charge in [0.1, 0.15) is 4.99 Å². The lowest BCUT2D eigenvalue weighted by Crippen LogP contribution is -2.28. The van der Waals surface area contributed by atoms with E-state index in [-0.39, 0.29) is 0 Å². The van der Waals surface area contributed by atoms with Gasteiger partial charge < -0.3 is 11.1 Å². The van der Waals surface area contributed by atoms with Gasteiger partial charge in [-0.1, -0.05) is 38.4 Å². The molecule has 0 heterocycles. The number of benzene rings is 1. The fraction of sp³-hybridized carbons (Fsp3) is 0.533. The van der Waals surface area contributed by atoms with E-state index in [4.69, 9.17) is 18.0 Å². The first-order chi connectivity index (χ1) is 8.59. The van der Waals surface area contributed by atoms with Crippen LogP contribution in [0, 0.1) is 5.41 Å². The SMILES string of the molecule is CC1(CNc2ccc(C(N)=S)cc2)CCCCC1. The molecular formula is C15H22N2S. The Bertz CT molecular complexity index is 405. The van der Waals surface area contributed by atoms with Crippen LogP contribution in [0.15, 0.2) is 24.3 Å². The van der Waals surface area contributed by atoms with E-state index in [1.165, 1.54) is 32.1 Å². The minimum absolute atomic E-state index is 0.458. The van der Waals surface area contributed by atoms with Crippen molar-refractivity contribution in [1.82, 2.24) is 0 Å². The summed E-state index contributed by atoms with van der Waals surface area (Å²) in [4.78, 5) is 0.459. The highest BCUT2D eigenvalue weighted by Gasteiger charge is 2.26. The standard InChI is InChI=1S/C15H22N2S/c1-15(9-3-2-4-10-15)11-17-13-7-5-12(6-8-13)14(16)18/h5-8,17H,2-4,9-11H2,1H3,(H2,16,18). The highest BCUT2D eigenvalue weighted by molar-refractivity contribution is 7.80. The lowest BCUT2D eigenvalue weighted by atomic mass is 9.76. The van der Waals surface area contributed by atoms with Gasteiger partial charge in [0.2, 0.25) is 0 Å². The quantitative estimate of drug-likeness (QED) is 0.813. The molecule has 2 rings (SSSR count). The van der Waals surface area contributed by atoms with Crippen LogP contribution in [0.5, 0.6) is 0 Å². The van der Waals surface area contributed by atoms with Gasteiger partial charge in [-0.3, -0.25) is 0 Å². The minimum Gasteiger partial charge on any atom is -0.389 e. The smallest absolute Gasteiger partial charge is 0.103 e. The van der Waals surface area contributed by atoms with Crippen molar-refractivity contribution in [3.05, 3.63) is 29.8 Å². The molecule has 1 aliphatic rings. The van der Waals surface area contributed by atoms with E-state index in [2.05, 4.69) is 24.4 Å². The molecule has 3 N–H and O–H groups in total. The number of hydrogen-bond acceptors (Lipinski definition) is 2. The second kappa shape index (κ2) is 5.70. The van der Waals surface area contributed by atoms with Crippen molar-refractivity contribution >= 4 is 22.9 Å². The van der Waals surface area contributed by atoms with E-state index in [0.717, 1.165) is 17.8 Å². The average molecular weight is 262 g/mol. The Morgan fingerprint density at radius 1 is 1.22 bits per heavy atom. The van der Waals surface area contributed by atoms with Crippen molar-refractivity contribution in [1.29, 1.82) is 0 Å². The summed E-state index contributed by atoms with van der Waals surface area (Å²) >= 11 is 4.95. The zero-order chi connectivity index (χ0) is 13.0. The minimum atomic E-state index is 0.458. The van der Waals surface area contributed by atoms with Crippen molar-refractivity contribution in [3.8, 4) is 0 Å². The predicted octanol–water partition coefficient (Wildman–Crippen LogP) is 3.70. The molecule has 98 valence electrons. The molecule has 0 atom stereocenters. The van der Waals surface area contributed by atoms with Crippen molar-refractivity contribution in [2.24, 2.45) is 11.1 Å². The van der Waals surface area contributed by atoms with Crippen LogP contribution in [0.4, 0.5) is 5.69 Å². The Hall–Kier alpha value is -1.09. The molecule has 0 radical (unpaired) electrons. The van der Waals surface area contributed by atoms with Gasteiger partial charge in [0.25, 0.3) is 0 Å². The predicted molar refractivity (Wildman–Crippen MR) is 82.0 cm³/mol. The first kappa shape index (κ1) is 13.3. The van der Waals surface area contributed by atoms with Crippen molar-refractivity contribution < 1.29 is 0 Å². The van der Waals surface area contributed by atoms with E-state index in [9.17, 15) is 0 Å². The molecule has 1 saturated carbocycles. The van der Waals surface area contributed by atoms with Gasteiger partial charge in [0.15, 0.2) is 0 Å². The molecule has 0 aromatic heterocycles. The van der Waals surface area contributed by atoms with Gasteiger partial charge in [-0.15, -0.1) is 0 Å². The fourth-order valence-corrected chi connectivity index (χ4v) is 2.79. The van der Waals surface area contributed by atoms with Crippen LogP contribution in [0.3, 0.4) is 0 Å². The van der Waals surface area contributed by atoms with Gasteiger partial charge in [0, 0.05) is 17.8 Å². The summed E-state index contributed by atoms with van der Waals surface area (Å²) in [6.45, 7) is 3.45. The molecule has 0 bridgehead atoms. The second-order valence-electron chi connectivity index (χ2n) is 5.67. The summed E-state index contributed by atoms with van der Waals surface area (Å²) in [5.41, 5.74) is 8.13. The van der Waals surface area contributed by atoms with E-state index in [1.54, 1.807) is 0 Å². The molecule has 3 heteroatoms. The molecule has 1 aromatic rings. The Kier molecular flexibility index (Phi) is 4.23. The van der Waals surface area contributed by atoms with Crippen LogP contribution < -0.4 is 11.1 Å². The van der Waals surface area contributed by atoms with Crippen LogP contribution in [-0.2, 0) is 0 Å². The first-order valence-corrected chi connectivity index (χ1v) is 7.14. The van der Waals surface area contributed by atoms with E-state index >= 15 is 0 Å². The van der Waals surface area contributed by atoms with Crippen molar-refractivity contribution in [2.75, 3.05) is 11.9 Å². The van der Waals surface area contributed by atoms with Gasteiger partial charge in [-0.25, -0.2) is 0 Å². The highest BCUT2D eigenvalue weighted by atomic mass is 32.1. The van der Waals surface area contributed by atoms with E-state index in [0.29, 0.717) is 10.4 Å². The Morgan fingerprint density at radius 2 is 1.83 bits per heavy atom. The molecule has 0 amide bonds. The van der Waals surface area contributed by atoms with Crippen LogP contribution in [-0.4, -0.2) is 11.5 Å². The van der Waals surface area contributed by atoms with E-state index in [1.807, 2.05) is 12.1 Å². The lowest BCUT2D eigenvalue weighted by Gasteiger charge is -2.34. The monoisotopic (exact) mass is 262 g/mol. The molecule has 18 heavy (non-hydrogen) atoms. The van der Waals surface area contributed by atoms with Gasteiger partial charge >= 0.3 is 0 Å². The molecular weight excluding hydrogens is 240 g/mol. The Balaban J connectivity index is 1.91. The third-order valence-electron chi connectivity index (χ3n) is 3.95. The topological polar surface area (TPSA) is 38.0 Å². The number of nitrogens with two attached hydrogens (primary N) is 1. The van der Waals surface area contributed by atoms with Gasteiger partial charge in [0.05, 0.1) is 0 Å². The summed E-state index contributed by atoms with van der Waals surface area (Å²) in [7, 11) is 0. The molecule has 0 aliphatic heterocycles. The number of anilines is 1. The summed E-state index contributed by atoms with van der Waals surface area (Å²) < 4.78 is 0. The third-order valence-corrected chi connectivity index (χ3v) is 4.19. The third kappa shape index (κ3) is 3.45. The second-order valence-corrected chi connectivity index (χ2v) is 6.11. The van der Waals surface area contributed by atoms with Crippen molar-refractivity contribution in [3.63, 3.8) is 0 Å². The first-order valence-electron chi connectivity index (χ1n) is 6.73. The zero-order valence-corrected chi connectivity index (χ0v) is 11.9. The number of hydrogen-bond donors (Lipinski definition) is 2. The number of nitrogens with one attached hydrogen (secondary N) is 1. The maximum atomic E-state index is 5.59. The molecule has 0 spiro atoms. The molecule has 2 nitrogen and oxygen atoms in total. The van der Waals surface area contributed by atoms with Crippen molar-refractivity contribution in [2.45, 2.75) is 39.0 Å². The van der Waals surface area contributed by atoms with Gasteiger partial charge in [-0.2, -0.15) is 0 Å². The molecule has 0 unspecified atom stereocenters. The number of rotatable bonds is 4.